The van der Waals surface area contributed by atoms with Crippen molar-refractivity contribution in [1.29, 1.82) is 0 Å². The Hall–Kier alpha value is -0.210. The molecule has 1 aliphatic rings. The molecule has 0 bridgehead atoms. The fourth-order valence-corrected chi connectivity index (χ4v) is 3.37. The Kier molecular flexibility index (Phi) is 4.75. The van der Waals surface area contributed by atoms with E-state index in [-0.39, 0.29) is 0 Å². The van der Waals surface area contributed by atoms with Gasteiger partial charge in [0.15, 0.2) is 0 Å². The van der Waals surface area contributed by atoms with Gasteiger partial charge < -0.3 is 4.74 Å². The second-order valence-electron chi connectivity index (χ2n) is 4.79. The first-order valence-electron chi connectivity index (χ1n) is 6.15. The van der Waals surface area contributed by atoms with Gasteiger partial charge in [-0.05, 0) is 48.9 Å². The van der Waals surface area contributed by atoms with E-state index in [9.17, 15) is 0 Å². The van der Waals surface area contributed by atoms with Crippen LogP contribution in [0.15, 0.2) is 22.7 Å². The monoisotopic (exact) mass is 316 g/mol. The van der Waals surface area contributed by atoms with E-state index in [1.165, 1.54) is 29.3 Å². The predicted octanol–water partition coefficient (Wildman–Crippen LogP) is 4.80. The summed E-state index contributed by atoms with van der Waals surface area (Å²) in [6.45, 7) is 0. The van der Waals surface area contributed by atoms with Crippen LogP contribution in [0.25, 0.3) is 0 Å². The normalized spacial score (nSPS) is 24.6. The number of methoxy groups -OCH3 is 1. The first-order valence-corrected chi connectivity index (χ1v) is 7.38. The summed E-state index contributed by atoms with van der Waals surface area (Å²) in [5.74, 6) is 1.65. The molecule has 0 spiro atoms. The van der Waals surface area contributed by atoms with Gasteiger partial charge in [0.2, 0.25) is 0 Å². The van der Waals surface area contributed by atoms with Crippen molar-refractivity contribution in [2.24, 2.45) is 5.92 Å². The summed E-state index contributed by atoms with van der Waals surface area (Å²) in [4.78, 5) is 0. The molecule has 2 unspecified atom stereocenters. The maximum Gasteiger partial charge on any atom is 0.119 e. The summed E-state index contributed by atoms with van der Waals surface area (Å²) in [5.41, 5.74) is 1.33. The number of hydrogen-bond donors (Lipinski definition) is 0. The number of alkyl halides is 1. The average molecular weight is 318 g/mol. The third-order valence-electron chi connectivity index (χ3n) is 3.48. The van der Waals surface area contributed by atoms with Gasteiger partial charge in [-0.2, -0.15) is 0 Å². The van der Waals surface area contributed by atoms with Crippen molar-refractivity contribution in [3.63, 3.8) is 0 Å². The van der Waals surface area contributed by atoms with Crippen LogP contribution in [-0.4, -0.2) is 12.5 Å². The van der Waals surface area contributed by atoms with Gasteiger partial charge in [-0.3, -0.25) is 0 Å². The van der Waals surface area contributed by atoms with Gasteiger partial charge in [0, 0.05) is 9.85 Å². The zero-order valence-corrected chi connectivity index (χ0v) is 12.4. The first kappa shape index (κ1) is 13.2. The summed E-state index contributed by atoms with van der Waals surface area (Å²) >= 11 is 9.85. The van der Waals surface area contributed by atoms with Crippen molar-refractivity contribution in [3.8, 4) is 5.75 Å². The molecule has 1 saturated carbocycles. The molecule has 0 aliphatic heterocycles. The van der Waals surface area contributed by atoms with E-state index < -0.39 is 0 Å². The molecule has 0 radical (unpaired) electrons. The van der Waals surface area contributed by atoms with E-state index in [1.807, 2.05) is 6.07 Å². The minimum atomic E-state index is 0.373. The number of hydrogen-bond acceptors (Lipinski definition) is 1. The fraction of sp³-hybridized carbons (Fsp3) is 0.571. The van der Waals surface area contributed by atoms with Crippen molar-refractivity contribution < 1.29 is 4.74 Å². The molecule has 17 heavy (non-hydrogen) atoms. The average Bonchev–Trinajstić information content (AvgIpc) is 2.32. The van der Waals surface area contributed by atoms with Gasteiger partial charge in [-0.25, -0.2) is 0 Å². The van der Waals surface area contributed by atoms with E-state index in [0.29, 0.717) is 5.38 Å². The zero-order chi connectivity index (χ0) is 12.3. The van der Waals surface area contributed by atoms with Crippen molar-refractivity contribution in [2.45, 2.75) is 37.5 Å². The summed E-state index contributed by atoms with van der Waals surface area (Å²) in [6, 6.07) is 6.18. The van der Waals surface area contributed by atoms with Crippen molar-refractivity contribution in [1.82, 2.24) is 0 Å². The van der Waals surface area contributed by atoms with Crippen LogP contribution in [0.4, 0.5) is 0 Å². The van der Waals surface area contributed by atoms with Gasteiger partial charge >= 0.3 is 0 Å². The van der Waals surface area contributed by atoms with Crippen molar-refractivity contribution in [3.05, 3.63) is 28.2 Å². The highest BCUT2D eigenvalue weighted by Gasteiger charge is 2.21. The van der Waals surface area contributed by atoms with Crippen LogP contribution in [0.3, 0.4) is 0 Å². The molecule has 0 aromatic heterocycles. The Morgan fingerprint density at radius 2 is 2.24 bits per heavy atom. The van der Waals surface area contributed by atoms with Gasteiger partial charge in [0.05, 0.1) is 7.11 Å². The van der Waals surface area contributed by atoms with Crippen LogP contribution in [0.2, 0.25) is 0 Å². The minimum absolute atomic E-state index is 0.373. The Morgan fingerprint density at radius 3 is 2.94 bits per heavy atom. The van der Waals surface area contributed by atoms with Gasteiger partial charge in [0.1, 0.15) is 5.75 Å². The van der Waals surface area contributed by atoms with Crippen LogP contribution in [0.1, 0.15) is 31.2 Å². The molecular formula is C14H18BrClO. The lowest BCUT2D eigenvalue weighted by molar-refractivity contribution is 0.360. The summed E-state index contributed by atoms with van der Waals surface area (Å²) in [7, 11) is 1.71. The number of halogens is 2. The molecule has 1 aromatic rings. The number of rotatable bonds is 3. The third kappa shape index (κ3) is 3.62. The zero-order valence-electron chi connectivity index (χ0n) is 10.1. The molecule has 0 amide bonds. The molecule has 1 aromatic carbocycles. The quantitative estimate of drug-likeness (QED) is 0.728. The smallest absolute Gasteiger partial charge is 0.119 e. The molecule has 1 nitrogen and oxygen atoms in total. The van der Waals surface area contributed by atoms with E-state index in [2.05, 4.69) is 28.1 Å². The van der Waals surface area contributed by atoms with Crippen LogP contribution in [-0.2, 0) is 6.42 Å². The second kappa shape index (κ2) is 6.10. The predicted molar refractivity (Wildman–Crippen MR) is 76.0 cm³/mol. The fourth-order valence-electron chi connectivity index (χ4n) is 2.56. The summed E-state index contributed by atoms with van der Waals surface area (Å²) in [6.07, 6.45) is 5.98. The van der Waals surface area contributed by atoms with E-state index in [1.54, 1.807) is 7.11 Å². The van der Waals surface area contributed by atoms with Crippen molar-refractivity contribution in [2.75, 3.05) is 7.11 Å². The van der Waals surface area contributed by atoms with E-state index in [0.717, 1.165) is 24.5 Å². The summed E-state index contributed by atoms with van der Waals surface area (Å²) in [5, 5.41) is 0.373. The highest BCUT2D eigenvalue weighted by molar-refractivity contribution is 9.10. The lowest BCUT2D eigenvalue weighted by Crippen LogP contribution is -2.17. The van der Waals surface area contributed by atoms with E-state index >= 15 is 0 Å². The Morgan fingerprint density at radius 1 is 1.41 bits per heavy atom. The molecule has 3 heteroatoms. The SMILES string of the molecule is COc1ccc(Br)c(CC2CCCC(Cl)C2)c1. The molecule has 2 atom stereocenters. The largest absolute Gasteiger partial charge is 0.497 e. The maximum absolute atomic E-state index is 6.24. The minimum Gasteiger partial charge on any atom is -0.497 e. The summed E-state index contributed by atoms with van der Waals surface area (Å²) < 4.78 is 6.45. The van der Waals surface area contributed by atoms with E-state index in [4.69, 9.17) is 16.3 Å². The lowest BCUT2D eigenvalue weighted by atomic mass is 9.84. The Labute approximate surface area is 117 Å². The molecule has 0 N–H and O–H groups in total. The van der Waals surface area contributed by atoms with Crippen LogP contribution in [0, 0.1) is 5.92 Å². The highest BCUT2D eigenvalue weighted by atomic mass is 79.9. The molecule has 0 saturated heterocycles. The molecule has 2 rings (SSSR count). The van der Waals surface area contributed by atoms with Crippen LogP contribution >= 0.6 is 27.5 Å². The Bertz CT molecular complexity index is 380. The van der Waals surface area contributed by atoms with Crippen LogP contribution < -0.4 is 4.74 Å². The second-order valence-corrected chi connectivity index (χ2v) is 6.26. The van der Waals surface area contributed by atoms with Gasteiger partial charge in [-0.15, -0.1) is 11.6 Å². The molecular weight excluding hydrogens is 300 g/mol. The Balaban J connectivity index is 2.06. The first-order chi connectivity index (χ1) is 8.19. The van der Waals surface area contributed by atoms with Crippen LogP contribution in [0.5, 0.6) is 5.75 Å². The molecule has 1 fully saturated rings. The third-order valence-corrected chi connectivity index (χ3v) is 4.65. The lowest BCUT2D eigenvalue weighted by Gasteiger charge is -2.25. The van der Waals surface area contributed by atoms with Gasteiger partial charge in [0.25, 0.3) is 0 Å². The van der Waals surface area contributed by atoms with Gasteiger partial charge in [-0.1, -0.05) is 28.8 Å². The molecule has 0 heterocycles. The number of benzene rings is 1. The maximum atomic E-state index is 6.24. The standard InChI is InChI=1S/C14H18BrClO/c1-17-13-5-6-14(15)11(9-13)7-10-3-2-4-12(16)8-10/h5-6,9-10,12H,2-4,7-8H2,1H3. The molecule has 94 valence electrons. The topological polar surface area (TPSA) is 9.23 Å². The highest BCUT2D eigenvalue weighted by Crippen LogP contribution is 2.33. The van der Waals surface area contributed by atoms with Crippen molar-refractivity contribution >= 4 is 27.5 Å². The molecule has 1 aliphatic carbocycles. The number of ether oxygens (including phenoxy) is 1.